The molecule has 0 saturated carbocycles. The average Bonchev–Trinajstić information content (AvgIpc) is 3.05. The van der Waals surface area contributed by atoms with Crippen molar-refractivity contribution in [1.82, 2.24) is 0 Å². The summed E-state index contributed by atoms with van der Waals surface area (Å²) in [7, 11) is 0. The second kappa shape index (κ2) is 8.84. The number of hydrogen-bond acceptors (Lipinski definition) is 4. The van der Waals surface area contributed by atoms with E-state index in [1.807, 2.05) is 32.0 Å². The van der Waals surface area contributed by atoms with Crippen LogP contribution in [0.25, 0.3) is 0 Å². The molecule has 1 aliphatic rings. The molecule has 2 amide bonds. The Hall–Kier alpha value is -2.57. The molecule has 1 saturated heterocycles. The van der Waals surface area contributed by atoms with Gasteiger partial charge in [-0.15, -0.1) is 0 Å². The van der Waals surface area contributed by atoms with Gasteiger partial charge < -0.3 is 15.0 Å². The van der Waals surface area contributed by atoms with Crippen molar-refractivity contribution < 1.29 is 19.1 Å². The van der Waals surface area contributed by atoms with E-state index < -0.39 is 24.4 Å². The summed E-state index contributed by atoms with van der Waals surface area (Å²) in [5.74, 6) is -1.89. The molecule has 2 aromatic carbocycles. The summed E-state index contributed by atoms with van der Waals surface area (Å²) in [5, 5.41) is 3.05. The summed E-state index contributed by atoms with van der Waals surface area (Å²) < 4.78 is 5.11. The first kappa shape index (κ1) is 21.1. The van der Waals surface area contributed by atoms with Gasteiger partial charge in [-0.3, -0.25) is 14.4 Å². The molecule has 2 aromatic rings. The van der Waals surface area contributed by atoms with Crippen molar-refractivity contribution >= 4 is 52.4 Å². The smallest absolute Gasteiger partial charge is 0.311 e. The number of aryl methyl sites for hydroxylation is 2. The number of esters is 1. The van der Waals surface area contributed by atoms with Crippen molar-refractivity contribution in [3.63, 3.8) is 0 Å². The maximum atomic E-state index is 12.4. The zero-order valence-electron chi connectivity index (χ0n) is 16.0. The van der Waals surface area contributed by atoms with Gasteiger partial charge in [-0.1, -0.05) is 47.0 Å². The summed E-state index contributed by atoms with van der Waals surface area (Å²) in [4.78, 5) is 38.4. The molecule has 1 fully saturated rings. The Morgan fingerprint density at radius 1 is 1.21 bits per heavy atom. The fraction of sp³-hybridized carbons (Fsp3) is 0.286. The van der Waals surface area contributed by atoms with Crippen LogP contribution in [0.15, 0.2) is 36.4 Å². The van der Waals surface area contributed by atoms with Gasteiger partial charge >= 0.3 is 5.97 Å². The maximum absolute atomic E-state index is 12.4. The minimum Gasteiger partial charge on any atom is -0.455 e. The van der Waals surface area contributed by atoms with E-state index >= 15 is 0 Å². The molecule has 0 radical (unpaired) electrons. The number of hydrogen-bond donors (Lipinski definition) is 1. The molecule has 1 aliphatic heterocycles. The van der Waals surface area contributed by atoms with E-state index in [0.29, 0.717) is 10.7 Å². The van der Waals surface area contributed by atoms with E-state index in [4.69, 9.17) is 27.9 Å². The number of anilines is 2. The number of carbonyl (C=O) groups is 3. The number of carbonyl (C=O) groups excluding carboxylic acids is 3. The minimum atomic E-state index is -0.620. The zero-order chi connectivity index (χ0) is 21.1. The Morgan fingerprint density at radius 2 is 1.97 bits per heavy atom. The third kappa shape index (κ3) is 4.89. The van der Waals surface area contributed by atoms with Gasteiger partial charge in [0, 0.05) is 18.7 Å². The summed E-state index contributed by atoms with van der Waals surface area (Å²) in [5.41, 5.74) is 3.17. The molecule has 0 aliphatic carbocycles. The Kier molecular flexibility index (Phi) is 6.45. The van der Waals surface area contributed by atoms with Crippen LogP contribution in [0.3, 0.4) is 0 Å². The number of benzene rings is 2. The molecule has 29 heavy (non-hydrogen) atoms. The van der Waals surface area contributed by atoms with E-state index in [1.54, 1.807) is 23.1 Å². The van der Waals surface area contributed by atoms with Crippen LogP contribution in [0.1, 0.15) is 17.5 Å². The van der Waals surface area contributed by atoms with Crippen LogP contribution in [0, 0.1) is 19.8 Å². The van der Waals surface area contributed by atoms with Gasteiger partial charge in [0.15, 0.2) is 6.61 Å². The van der Waals surface area contributed by atoms with Gasteiger partial charge in [-0.05, 0) is 37.6 Å². The molecule has 3 rings (SSSR count). The maximum Gasteiger partial charge on any atom is 0.311 e. The van der Waals surface area contributed by atoms with Gasteiger partial charge in [0.05, 0.1) is 21.7 Å². The molecule has 0 spiro atoms. The molecular formula is C21H20Cl2N2O4. The minimum absolute atomic E-state index is 0.0495. The topological polar surface area (TPSA) is 75.7 Å². The van der Waals surface area contributed by atoms with Gasteiger partial charge in [0.25, 0.3) is 5.91 Å². The molecule has 0 bridgehead atoms. The van der Waals surface area contributed by atoms with Crippen LogP contribution < -0.4 is 10.2 Å². The van der Waals surface area contributed by atoms with E-state index in [9.17, 15) is 14.4 Å². The van der Waals surface area contributed by atoms with Gasteiger partial charge in [0.1, 0.15) is 0 Å². The normalized spacial score (nSPS) is 16.1. The highest BCUT2D eigenvalue weighted by molar-refractivity contribution is 6.44. The largest absolute Gasteiger partial charge is 0.455 e. The molecular weight excluding hydrogens is 415 g/mol. The average molecular weight is 435 g/mol. The van der Waals surface area contributed by atoms with Crippen LogP contribution in [0.2, 0.25) is 10.0 Å². The van der Waals surface area contributed by atoms with Crippen LogP contribution in [-0.4, -0.2) is 30.9 Å². The summed E-state index contributed by atoms with van der Waals surface area (Å²) >= 11 is 11.9. The Bertz CT molecular complexity index is 977. The molecule has 152 valence electrons. The van der Waals surface area contributed by atoms with Crippen LogP contribution >= 0.6 is 23.2 Å². The number of nitrogens with one attached hydrogen (secondary N) is 1. The Balaban J connectivity index is 1.56. The first-order valence-corrected chi connectivity index (χ1v) is 9.80. The predicted molar refractivity (Wildman–Crippen MR) is 112 cm³/mol. The van der Waals surface area contributed by atoms with Crippen molar-refractivity contribution in [2.24, 2.45) is 5.92 Å². The molecule has 0 aromatic heterocycles. The molecule has 6 nitrogen and oxygen atoms in total. The van der Waals surface area contributed by atoms with E-state index in [-0.39, 0.29) is 23.9 Å². The molecule has 8 heteroatoms. The Labute approximate surface area is 178 Å². The van der Waals surface area contributed by atoms with Gasteiger partial charge in [0.2, 0.25) is 5.91 Å². The highest BCUT2D eigenvalue weighted by Gasteiger charge is 2.36. The fourth-order valence-corrected chi connectivity index (χ4v) is 3.60. The van der Waals surface area contributed by atoms with Gasteiger partial charge in [-0.25, -0.2) is 0 Å². The molecule has 0 unspecified atom stereocenters. The second-order valence-electron chi connectivity index (χ2n) is 6.95. The number of rotatable bonds is 5. The van der Waals surface area contributed by atoms with E-state index in [1.165, 1.54) is 0 Å². The number of halogens is 2. The summed E-state index contributed by atoms with van der Waals surface area (Å²) in [6.07, 6.45) is 0.0495. The fourth-order valence-electron chi connectivity index (χ4n) is 3.25. The quantitative estimate of drug-likeness (QED) is 0.717. The SMILES string of the molecule is Cc1ccc(N2C[C@@H](C(=O)OCC(=O)Nc3cccc(Cl)c3Cl)CC2=O)c(C)c1. The lowest BCUT2D eigenvalue weighted by Crippen LogP contribution is -2.28. The highest BCUT2D eigenvalue weighted by Crippen LogP contribution is 2.30. The number of amides is 2. The van der Waals surface area contributed by atoms with E-state index in [2.05, 4.69) is 5.32 Å². The van der Waals surface area contributed by atoms with Gasteiger partial charge in [-0.2, -0.15) is 0 Å². The van der Waals surface area contributed by atoms with Crippen molar-refractivity contribution in [1.29, 1.82) is 0 Å². The van der Waals surface area contributed by atoms with Crippen LogP contribution in [-0.2, 0) is 19.1 Å². The van der Waals surface area contributed by atoms with Crippen molar-refractivity contribution in [3.8, 4) is 0 Å². The van der Waals surface area contributed by atoms with Crippen LogP contribution in [0.4, 0.5) is 11.4 Å². The van der Waals surface area contributed by atoms with Crippen LogP contribution in [0.5, 0.6) is 0 Å². The lowest BCUT2D eigenvalue weighted by molar-refractivity contribution is -0.151. The zero-order valence-corrected chi connectivity index (χ0v) is 17.5. The monoisotopic (exact) mass is 434 g/mol. The lowest BCUT2D eigenvalue weighted by Gasteiger charge is -2.19. The third-order valence-corrected chi connectivity index (χ3v) is 5.49. The second-order valence-corrected chi connectivity index (χ2v) is 7.74. The summed E-state index contributed by atoms with van der Waals surface area (Å²) in [6.45, 7) is 3.65. The highest BCUT2D eigenvalue weighted by atomic mass is 35.5. The van der Waals surface area contributed by atoms with Crippen molar-refractivity contribution in [2.45, 2.75) is 20.3 Å². The first-order chi connectivity index (χ1) is 13.8. The number of ether oxygens (including phenoxy) is 1. The number of nitrogens with zero attached hydrogens (tertiary/aromatic N) is 1. The lowest BCUT2D eigenvalue weighted by atomic mass is 10.1. The third-order valence-electron chi connectivity index (χ3n) is 4.67. The Morgan fingerprint density at radius 3 is 2.69 bits per heavy atom. The first-order valence-electron chi connectivity index (χ1n) is 9.04. The predicted octanol–water partition coefficient (Wildman–Crippen LogP) is 4.15. The molecule has 1 N–H and O–H groups in total. The van der Waals surface area contributed by atoms with Crippen molar-refractivity contribution in [2.75, 3.05) is 23.4 Å². The van der Waals surface area contributed by atoms with Crippen molar-refractivity contribution in [3.05, 3.63) is 57.6 Å². The van der Waals surface area contributed by atoms with E-state index in [0.717, 1.165) is 16.8 Å². The molecule has 1 heterocycles. The summed E-state index contributed by atoms with van der Waals surface area (Å²) in [6, 6.07) is 10.6. The molecule has 1 atom stereocenters. The standard InChI is InChI=1S/C21H20Cl2N2O4/c1-12-6-7-17(13(2)8-12)25-10-14(9-19(25)27)21(28)29-11-18(26)24-16-5-3-4-15(22)20(16)23/h3-8,14H,9-11H2,1-2H3,(H,24,26)/t14-/m0/s1.